The van der Waals surface area contributed by atoms with Crippen LogP contribution in [0.4, 0.5) is 0 Å². The van der Waals surface area contributed by atoms with Gasteiger partial charge in [0, 0.05) is 5.57 Å². The molecule has 0 saturated heterocycles. The molecule has 0 fully saturated rings. The lowest BCUT2D eigenvalue weighted by Crippen LogP contribution is -2.24. The predicted molar refractivity (Wildman–Crippen MR) is 49.9 cm³/mol. The second-order valence-corrected chi connectivity index (χ2v) is 3.86. The third kappa shape index (κ3) is 4.94. The van der Waals surface area contributed by atoms with Gasteiger partial charge in [-0.15, -0.1) is 0 Å². The number of esters is 1. The van der Waals surface area contributed by atoms with Crippen molar-refractivity contribution in [2.75, 3.05) is 0 Å². The van der Waals surface area contributed by atoms with Gasteiger partial charge in [-0.1, -0.05) is 19.9 Å². The fourth-order valence-corrected chi connectivity index (χ4v) is 0.754. The van der Waals surface area contributed by atoms with E-state index >= 15 is 0 Å². The van der Waals surface area contributed by atoms with Gasteiger partial charge in [0.15, 0.2) is 0 Å². The monoisotopic (exact) mass is 170 g/mol. The lowest BCUT2D eigenvalue weighted by molar-refractivity contribution is -0.150. The van der Waals surface area contributed by atoms with Crippen molar-refractivity contribution in [2.24, 2.45) is 0 Å². The molecule has 0 aliphatic carbocycles. The fraction of sp³-hybridized carbons (Fsp3) is 0.700. The topological polar surface area (TPSA) is 26.3 Å². The number of ether oxygens (including phenoxy) is 1. The smallest absolute Gasteiger partial charge is 0.333 e. The zero-order valence-electron chi connectivity index (χ0n) is 8.44. The van der Waals surface area contributed by atoms with Crippen molar-refractivity contribution in [3.8, 4) is 0 Å². The Bertz CT molecular complexity index is 175. The first-order valence-corrected chi connectivity index (χ1v) is 4.28. The lowest BCUT2D eigenvalue weighted by atomic mass is 10.1. The van der Waals surface area contributed by atoms with Gasteiger partial charge in [-0.2, -0.15) is 0 Å². The molecule has 0 rings (SSSR count). The molecule has 0 unspecified atom stereocenters. The van der Waals surface area contributed by atoms with Crippen LogP contribution in [0.3, 0.4) is 0 Å². The minimum atomic E-state index is -0.409. The molecule has 12 heavy (non-hydrogen) atoms. The Morgan fingerprint density at radius 1 is 1.42 bits per heavy atom. The van der Waals surface area contributed by atoms with Gasteiger partial charge < -0.3 is 4.74 Å². The van der Waals surface area contributed by atoms with Crippen LogP contribution in [-0.2, 0) is 9.53 Å². The average molecular weight is 170 g/mol. The van der Waals surface area contributed by atoms with Crippen molar-refractivity contribution < 1.29 is 9.53 Å². The number of hydrogen-bond acceptors (Lipinski definition) is 2. The van der Waals surface area contributed by atoms with Crippen LogP contribution in [0.1, 0.15) is 40.5 Å². The fourth-order valence-electron chi connectivity index (χ4n) is 0.754. The number of carbonyl (C=O) groups excluding carboxylic acids is 1. The summed E-state index contributed by atoms with van der Waals surface area (Å²) >= 11 is 0. The molecule has 0 radical (unpaired) electrons. The molecule has 0 aromatic rings. The molecule has 0 heterocycles. The quantitative estimate of drug-likeness (QED) is 0.481. The Kier molecular flexibility index (Phi) is 4.01. The molecular weight excluding hydrogens is 152 g/mol. The molecular formula is C10H18O2. The largest absolute Gasteiger partial charge is 0.457 e. The number of hydrogen-bond donors (Lipinski definition) is 0. The van der Waals surface area contributed by atoms with E-state index in [1.807, 2.05) is 27.7 Å². The molecule has 0 spiro atoms. The van der Waals surface area contributed by atoms with Crippen LogP contribution in [0.2, 0.25) is 0 Å². The molecule has 0 aromatic carbocycles. The number of rotatable bonds is 3. The summed E-state index contributed by atoms with van der Waals surface area (Å²) in [7, 11) is 0. The highest BCUT2D eigenvalue weighted by atomic mass is 16.6. The molecule has 0 amide bonds. The maximum Gasteiger partial charge on any atom is 0.333 e. The van der Waals surface area contributed by atoms with Crippen LogP contribution in [0.15, 0.2) is 12.2 Å². The van der Waals surface area contributed by atoms with Gasteiger partial charge in [-0.25, -0.2) is 4.79 Å². The zero-order chi connectivity index (χ0) is 9.78. The Hall–Kier alpha value is -0.790. The minimum Gasteiger partial charge on any atom is -0.457 e. The lowest BCUT2D eigenvalue weighted by Gasteiger charge is -2.19. The minimum absolute atomic E-state index is 0.274. The van der Waals surface area contributed by atoms with Gasteiger partial charge in [0.25, 0.3) is 0 Å². The van der Waals surface area contributed by atoms with Crippen molar-refractivity contribution >= 4 is 5.97 Å². The van der Waals surface area contributed by atoms with E-state index in [1.54, 1.807) is 0 Å². The van der Waals surface area contributed by atoms with E-state index in [1.165, 1.54) is 0 Å². The standard InChI is InChI=1S/C10H18O2/c1-6-7-8(2)9(11)12-10(3,4)5/h2,6-7H2,1,3-5H3. The zero-order valence-corrected chi connectivity index (χ0v) is 8.44. The second kappa shape index (κ2) is 4.29. The molecule has 0 aliphatic heterocycles. The van der Waals surface area contributed by atoms with Crippen LogP contribution in [0.5, 0.6) is 0 Å². The summed E-state index contributed by atoms with van der Waals surface area (Å²) in [5.41, 5.74) is 0.153. The normalized spacial score (nSPS) is 11.0. The predicted octanol–water partition coefficient (Wildman–Crippen LogP) is 2.68. The first-order chi connectivity index (χ1) is 5.37. The summed E-state index contributed by atoms with van der Waals surface area (Å²) in [6.07, 6.45) is 1.65. The van der Waals surface area contributed by atoms with Gasteiger partial charge in [-0.3, -0.25) is 0 Å². The maximum absolute atomic E-state index is 11.2. The van der Waals surface area contributed by atoms with Gasteiger partial charge in [0.2, 0.25) is 0 Å². The van der Waals surface area contributed by atoms with E-state index in [0.717, 1.165) is 12.8 Å². The molecule has 2 nitrogen and oxygen atoms in total. The molecule has 0 atom stereocenters. The highest BCUT2D eigenvalue weighted by molar-refractivity contribution is 5.87. The first kappa shape index (κ1) is 11.2. The summed E-state index contributed by atoms with van der Waals surface area (Å²) in [5, 5.41) is 0. The van der Waals surface area contributed by atoms with Crippen LogP contribution >= 0.6 is 0 Å². The second-order valence-electron chi connectivity index (χ2n) is 3.86. The maximum atomic E-state index is 11.2. The van der Waals surface area contributed by atoms with Gasteiger partial charge >= 0.3 is 5.97 Å². The summed E-state index contributed by atoms with van der Waals surface area (Å²) in [6, 6.07) is 0. The molecule has 0 N–H and O–H groups in total. The van der Waals surface area contributed by atoms with E-state index < -0.39 is 5.60 Å². The number of carbonyl (C=O) groups is 1. The van der Waals surface area contributed by atoms with Crippen molar-refractivity contribution in [2.45, 2.75) is 46.1 Å². The summed E-state index contributed by atoms with van der Waals surface area (Å²) in [5.74, 6) is -0.274. The van der Waals surface area contributed by atoms with Crippen molar-refractivity contribution in [3.63, 3.8) is 0 Å². The summed E-state index contributed by atoms with van der Waals surface area (Å²) in [6.45, 7) is 11.2. The van der Waals surface area contributed by atoms with E-state index in [9.17, 15) is 4.79 Å². The van der Waals surface area contributed by atoms with E-state index in [2.05, 4.69) is 6.58 Å². The van der Waals surface area contributed by atoms with Crippen molar-refractivity contribution in [3.05, 3.63) is 12.2 Å². The highest BCUT2D eigenvalue weighted by Crippen LogP contribution is 2.12. The molecule has 0 aliphatic rings. The molecule has 0 aromatic heterocycles. The SMILES string of the molecule is C=C(CCC)C(=O)OC(C)(C)C. The third-order valence-corrected chi connectivity index (χ3v) is 1.24. The highest BCUT2D eigenvalue weighted by Gasteiger charge is 2.17. The van der Waals surface area contributed by atoms with Crippen LogP contribution in [-0.4, -0.2) is 11.6 Å². The van der Waals surface area contributed by atoms with Crippen molar-refractivity contribution in [1.82, 2.24) is 0 Å². The Morgan fingerprint density at radius 2 is 1.92 bits per heavy atom. The van der Waals surface area contributed by atoms with Crippen LogP contribution < -0.4 is 0 Å². The van der Waals surface area contributed by atoms with E-state index in [0.29, 0.717) is 5.57 Å². The van der Waals surface area contributed by atoms with Crippen molar-refractivity contribution in [1.29, 1.82) is 0 Å². The first-order valence-electron chi connectivity index (χ1n) is 4.28. The van der Waals surface area contributed by atoms with Crippen LogP contribution in [0.25, 0.3) is 0 Å². The summed E-state index contributed by atoms with van der Waals surface area (Å²) in [4.78, 5) is 11.2. The summed E-state index contributed by atoms with van der Waals surface area (Å²) < 4.78 is 5.11. The van der Waals surface area contributed by atoms with Gasteiger partial charge in [-0.05, 0) is 27.2 Å². The Balaban J connectivity index is 3.97. The van der Waals surface area contributed by atoms with Gasteiger partial charge in [0.1, 0.15) is 5.60 Å². The third-order valence-electron chi connectivity index (χ3n) is 1.24. The van der Waals surface area contributed by atoms with E-state index in [4.69, 9.17) is 4.74 Å². The van der Waals surface area contributed by atoms with Crippen LogP contribution in [0, 0.1) is 0 Å². The van der Waals surface area contributed by atoms with E-state index in [-0.39, 0.29) is 5.97 Å². The molecule has 70 valence electrons. The average Bonchev–Trinajstić information content (AvgIpc) is 1.84. The Morgan fingerprint density at radius 3 is 2.25 bits per heavy atom. The molecule has 0 bridgehead atoms. The van der Waals surface area contributed by atoms with Gasteiger partial charge in [0.05, 0.1) is 0 Å². The Labute approximate surface area is 74.6 Å². The molecule has 0 saturated carbocycles. The molecule has 2 heteroatoms.